The van der Waals surface area contributed by atoms with E-state index in [0.717, 1.165) is 10.9 Å². The maximum absolute atomic E-state index is 11.7. The van der Waals surface area contributed by atoms with Crippen LogP contribution in [-0.2, 0) is 4.57 Å². The molecule has 0 aromatic heterocycles. The van der Waals surface area contributed by atoms with Crippen molar-refractivity contribution >= 4 is 18.5 Å². The van der Waals surface area contributed by atoms with Crippen molar-refractivity contribution in [3.8, 4) is 0 Å². The van der Waals surface area contributed by atoms with Crippen molar-refractivity contribution in [2.75, 3.05) is 19.9 Å². The van der Waals surface area contributed by atoms with Gasteiger partial charge in [-0.3, -0.25) is 0 Å². The van der Waals surface area contributed by atoms with Crippen molar-refractivity contribution in [3.05, 3.63) is 35.9 Å². The molecule has 0 atom stereocenters. The van der Waals surface area contributed by atoms with E-state index in [9.17, 15) is 4.57 Å². The van der Waals surface area contributed by atoms with Crippen LogP contribution in [0.3, 0.4) is 0 Å². The summed E-state index contributed by atoms with van der Waals surface area (Å²) in [5.74, 6) is 0. The Morgan fingerprint density at radius 3 is 2.29 bits per heavy atom. The maximum Gasteiger partial charge on any atom is 0.109 e. The van der Waals surface area contributed by atoms with Gasteiger partial charge in [-0.15, -0.1) is 0 Å². The zero-order valence-electron chi connectivity index (χ0n) is 8.47. The molecule has 0 radical (unpaired) electrons. The number of rotatable bonds is 3. The molecule has 0 saturated carbocycles. The van der Waals surface area contributed by atoms with Crippen LogP contribution in [0.4, 0.5) is 0 Å². The lowest BCUT2D eigenvalue weighted by molar-refractivity contribution is 0.343. The zero-order chi connectivity index (χ0) is 10.6. The molecular formula is C11H15O2P. The second kappa shape index (κ2) is 4.59. The van der Waals surface area contributed by atoms with E-state index < -0.39 is 7.14 Å². The van der Waals surface area contributed by atoms with Gasteiger partial charge in [-0.25, -0.2) is 0 Å². The minimum atomic E-state index is -2.14. The van der Waals surface area contributed by atoms with Gasteiger partial charge in [0.1, 0.15) is 7.14 Å². The van der Waals surface area contributed by atoms with Crippen LogP contribution in [0, 0.1) is 0 Å². The first-order valence-corrected chi connectivity index (χ1v) is 7.07. The predicted octanol–water partition coefficient (Wildman–Crippen LogP) is 1.94. The molecule has 2 nitrogen and oxygen atoms in total. The van der Waals surface area contributed by atoms with Gasteiger partial charge in [-0.05, 0) is 18.9 Å². The smallest absolute Gasteiger partial charge is 0.109 e. The van der Waals surface area contributed by atoms with Crippen molar-refractivity contribution in [1.82, 2.24) is 0 Å². The van der Waals surface area contributed by atoms with Crippen LogP contribution >= 0.6 is 7.14 Å². The molecule has 1 rings (SSSR count). The topological polar surface area (TPSA) is 37.3 Å². The minimum absolute atomic E-state index is 0.0435. The molecule has 0 fully saturated rings. The molecule has 1 N–H and O–H groups in total. The molecular weight excluding hydrogens is 195 g/mol. The number of hydrogen-bond donors (Lipinski definition) is 1. The van der Waals surface area contributed by atoms with Crippen LogP contribution in [0.15, 0.2) is 30.3 Å². The predicted molar refractivity (Wildman–Crippen MR) is 61.7 cm³/mol. The monoisotopic (exact) mass is 210 g/mol. The molecule has 0 amide bonds. The third kappa shape index (κ3) is 3.13. The SMILES string of the molecule is CP(C)(=O)c1ccc(/C=C/CO)cc1. The summed E-state index contributed by atoms with van der Waals surface area (Å²) in [6, 6.07) is 7.55. The van der Waals surface area contributed by atoms with E-state index in [1.165, 1.54) is 0 Å². The fraction of sp³-hybridized carbons (Fsp3) is 0.273. The summed E-state index contributed by atoms with van der Waals surface area (Å²) in [6.07, 6.45) is 3.51. The standard InChI is InChI=1S/C11H15O2P/c1-14(2,13)11-7-5-10(6-8-11)4-3-9-12/h3-8,12H,9H2,1-2H3/b4-3+. The van der Waals surface area contributed by atoms with Gasteiger partial charge in [-0.2, -0.15) is 0 Å². The molecule has 0 spiro atoms. The maximum atomic E-state index is 11.7. The third-order valence-electron chi connectivity index (χ3n) is 1.93. The molecule has 1 aromatic rings. The van der Waals surface area contributed by atoms with Gasteiger partial charge in [0.25, 0.3) is 0 Å². The Morgan fingerprint density at radius 2 is 1.86 bits per heavy atom. The highest BCUT2D eigenvalue weighted by atomic mass is 31.2. The van der Waals surface area contributed by atoms with Crippen LogP contribution in [0.1, 0.15) is 5.56 Å². The Morgan fingerprint density at radius 1 is 1.29 bits per heavy atom. The molecule has 0 aliphatic carbocycles. The average molecular weight is 210 g/mol. The Kier molecular flexibility index (Phi) is 3.68. The number of benzene rings is 1. The normalized spacial score (nSPS) is 12.2. The van der Waals surface area contributed by atoms with Crippen molar-refractivity contribution < 1.29 is 9.67 Å². The highest BCUT2D eigenvalue weighted by Crippen LogP contribution is 2.34. The van der Waals surface area contributed by atoms with Gasteiger partial charge in [0, 0.05) is 5.30 Å². The van der Waals surface area contributed by atoms with Gasteiger partial charge in [0.05, 0.1) is 6.61 Å². The van der Waals surface area contributed by atoms with E-state index in [4.69, 9.17) is 5.11 Å². The summed E-state index contributed by atoms with van der Waals surface area (Å²) in [5.41, 5.74) is 1.01. The highest BCUT2D eigenvalue weighted by molar-refractivity contribution is 7.70. The summed E-state index contributed by atoms with van der Waals surface area (Å²) in [6.45, 7) is 3.55. The lowest BCUT2D eigenvalue weighted by atomic mass is 10.2. The number of hydrogen-bond acceptors (Lipinski definition) is 2. The molecule has 0 unspecified atom stereocenters. The van der Waals surface area contributed by atoms with Crippen LogP contribution < -0.4 is 5.30 Å². The van der Waals surface area contributed by atoms with E-state index in [0.29, 0.717) is 0 Å². The summed E-state index contributed by atoms with van der Waals surface area (Å²) in [5, 5.41) is 9.47. The van der Waals surface area contributed by atoms with Crippen LogP contribution in [0.25, 0.3) is 6.08 Å². The largest absolute Gasteiger partial charge is 0.392 e. The molecule has 1 aromatic carbocycles. The van der Waals surface area contributed by atoms with E-state index in [1.807, 2.05) is 30.3 Å². The Labute approximate surface area is 84.7 Å². The summed E-state index contributed by atoms with van der Waals surface area (Å²) in [7, 11) is -2.14. The molecule has 76 valence electrons. The lowest BCUT2D eigenvalue weighted by Gasteiger charge is -2.06. The number of aliphatic hydroxyl groups is 1. The van der Waals surface area contributed by atoms with Crippen molar-refractivity contribution in [2.45, 2.75) is 0 Å². The second-order valence-corrected chi connectivity index (χ2v) is 6.75. The molecule has 3 heteroatoms. The van der Waals surface area contributed by atoms with Crippen molar-refractivity contribution in [1.29, 1.82) is 0 Å². The van der Waals surface area contributed by atoms with Crippen molar-refractivity contribution in [3.63, 3.8) is 0 Å². The molecule has 14 heavy (non-hydrogen) atoms. The van der Waals surface area contributed by atoms with E-state index in [2.05, 4.69) is 0 Å². The molecule has 0 bridgehead atoms. The Balaban J connectivity index is 2.90. The molecule has 0 saturated heterocycles. The molecule has 0 aliphatic heterocycles. The quantitative estimate of drug-likeness (QED) is 0.774. The van der Waals surface area contributed by atoms with Gasteiger partial charge >= 0.3 is 0 Å². The number of aliphatic hydroxyl groups excluding tert-OH is 1. The van der Waals surface area contributed by atoms with Crippen LogP contribution in [0.5, 0.6) is 0 Å². The van der Waals surface area contributed by atoms with Gasteiger partial charge in [-0.1, -0.05) is 36.4 Å². The summed E-state index contributed by atoms with van der Waals surface area (Å²) >= 11 is 0. The van der Waals surface area contributed by atoms with Crippen LogP contribution in [-0.4, -0.2) is 25.0 Å². The average Bonchev–Trinajstić information content (AvgIpc) is 2.14. The third-order valence-corrected chi connectivity index (χ3v) is 3.47. The minimum Gasteiger partial charge on any atom is -0.392 e. The van der Waals surface area contributed by atoms with Crippen LogP contribution in [0.2, 0.25) is 0 Å². The molecule has 0 aliphatic rings. The van der Waals surface area contributed by atoms with Gasteiger partial charge in [0.15, 0.2) is 0 Å². The Bertz CT molecular complexity index is 359. The molecule has 0 heterocycles. The Hall–Kier alpha value is -0.850. The first-order chi connectivity index (χ1) is 6.54. The summed E-state index contributed by atoms with van der Waals surface area (Å²) < 4.78 is 11.7. The fourth-order valence-corrected chi connectivity index (χ4v) is 2.00. The van der Waals surface area contributed by atoms with Crippen molar-refractivity contribution in [2.24, 2.45) is 0 Å². The first-order valence-electron chi connectivity index (χ1n) is 4.47. The zero-order valence-corrected chi connectivity index (χ0v) is 9.37. The van der Waals surface area contributed by atoms with E-state index in [1.54, 1.807) is 19.4 Å². The lowest BCUT2D eigenvalue weighted by Crippen LogP contribution is -2.01. The van der Waals surface area contributed by atoms with Gasteiger partial charge in [0.2, 0.25) is 0 Å². The fourth-order valence-electron chi connectivity index (χ4n) is 1.13. The van der Waals surface area contributed by atoms with Gasteiger partial charge < -0.3 is 9.67 Å². The first kappa shape index (κ1) is 11.2. The summed E-state index contributed by atoms with van der Waals surface area (Å²) in [4.78, 5) is 0. The highest BCUT2D eigenvalue weighted by Gasteiger charge is 2.09. The second-order valence-electron chi connectivity index (χ2n) is 3.53. The van der Waals surface area contributed by atoms with E-state index >= 15 is 0 Å². The van der Waals surface area contributed by atoms with E-state index in [-0.39, 0.29) is 6.61 Å².